The Morgan fingerprint density at radius 1 is 1.09 bits per heavy atom. The van der Waals surface area contributed by atoms with Gasteiger partial charge in [-0.15, -0.1) is 0 Å². The average Bonchev–Trinajstić information content (AvgIpc) is 2.82. The average molecular weight is 470 g/mol. The molecule has 1 heterocycles. The minimum absolute atomic E-state index is 0.0454. The maximum Gasteiger partial charge on any atom is 0.308 e. The second kappa shape index (κ2) is 10.5. The van der Waals surface area contributed by atoms with E-state index in [4.69, 9.17) is 25.8 Å². The first-order valence-electron chi connectivity index (χ1n) is 10.3. The maximum absolute atomic E-state index is 13.9. The normalized spacial score (nSPS) is 13.4. The summed E-state index contributed by atoms with van der Waals surface area (Å²) in [6.45, 7) is 0.0980. The molecular weight excluding hydrogens is 449 g/mol. The van der Waals surface area contributed by atoms with Crippen molar-refractivity contribution in [3.8, 4) is 5.75 Å². The smallest absolute Gasteiger partial charge is 0.308 e. The van der Waals surface area contributed by atoms with Crippen molar-refractivity contribution in [3.05, 3.63) is 99.8 Å². The van der Waals surface area contributed by atoms with E-state index in [1.165, 1.54) is 12.1 Å². The van der Waals surface area contributed by atoms with Crippen molar-refractivity contribution in [3.63, 3.8) is 0 Å². The molecule has 170 valence electrons. The fraction of sp³-hybridized carbons (Fsp3) is 0.200. The van der Waals surface area contributed by atoms with Gasteiger partial charge in [0.2, 0.25) is 0 Å². The van der Waals surface area contributed by atoms with Crippen molar-refractivity contribution in [2.75, 3.05) is 6.79 Å². The number of halogens is 2. The van der Waals surface area contributed by atoms with E-state index in [2.05, 4.69) is 5.32 Å². The summed E-state index contributed by atoms with van der Waals surface area (Å²) in [4.78, 5) is 25.5. The third-order valence-electron chi connectivity index (χ3n) is 5.14. The van der Waals surface area contributed by atoms with E-state index in [0.29, 0.717) is 27.5 Å². The number of hydrogen-bond donors (Lipinski definition) is 1. The third kappa shape index (κ3) is 5.69. The predicted molar refractivity (Wildman–Crippen MR) is 119 cm³/mol. The van der Waals surface area contributed by atoms with Gasteiger partial charge in [-0.1, -0.05) is 54.1 Å². The number of carbonyl (C=O) groups excluding carboxylic acids is 2. The van der Waals surface area contributed by atoms with E-state index in [1.54, 1.807) is 24.3 Å². The van der Waals surface area contributed by atoms with Gasteiger partial charge in [0.25, 0.3) is 5.91 Å². The molecule has 1 atom stereocenters. The molecule has 0 aliphatic carbocycles. The van der Waals surface area contributed by atoms with Crippen molar-refractivity contribution in [1.29, 1.82) is 0 Å². The lowest BCUT2D eigenvalue weighted by Crippen LogP contribution is -2.30. The first-order chi connectivity index (χ1) is 16.0. The highest BCUT2D eigenvalue weighted by Gasteiger charge is 2.23. The van der Waals surface area contributed by atoms with E-state index in [9.17, 15) is 14.0 Å². The molecule has 0 saturated heterocycles. The van der Waals surface area contributed by atoms with Crippen LogP contribution < -0.4 is 10.1 Å². The van der Waals surface area contributed by atoms with Gasteiger partial charge in [0, 0.05) is 11.1 Å². The van der Waals surface area contributed by atoms with Crippen LogP contribution >= 0.6 is 11.6 Å². The Bertz CT molecular complexity index is 1150. The van der Waals surface area contributed by atoms with Crippen molar-refractivity contribution < 1.29 is 28.2 Å². The summed E-state index contributed by atoms with van der Waals surface area (Å²) in [5.74, 6) is -0.978. The molecular formula is C25H21ClFNO5. The quantitative estimate of drug-likeness (QED) is 0.495. The summed E-state index contributed by atoms with van der Waals surface area (Å²) in [7, 11) is 0. The molecule has 0 aromatic heterocycles. The minimum atomic E-state index is -0.645. The molecule has 33 heavy (non-hydrogen) atoms. The van der Waals surface area contributed by atoms with E-state index in [0.717, 1.165) is 5.56 Å². The Hall–Kier alpha value is -3.42. The summed E-state index contributed by atoms with van der Waals surface area (Å²) in [6.07, 6.45) is -0.123. The van der Waals surface area contributed by atoms with E-state index in [1.807, 2.05) is 30.3 Å². The van der Waals surface area contributed by atoms with Crippen LogP contribution in [0.2, 0.25) is 5.02 Å². The van der Waals surface area contributed by atoms with E-state index < -0.39 is 23.7 Å². The molecule has 3 aromatic rings. The Labute approximate surface area is 195 Å². The van der Waals surface area contributed by atoms with Gasteiger partial charge in [-0.05, 0) is 29.8 Å². The van der Waals surface area contributed by atoms with Crippen LogP contribution in [-0.4, -0.2) is 18.7 Å². The van der Waals surface area contributed by atoms with Gasteiger partial charge < -0.3 is 19.5 Å². The number of benzene rings is 3. The lowest BCUT2D eigenvalue weighted by atomic mass is 10.0. The van der Waals surface area contributed by atoms with Gasteiger partial charge >= 0.3 is 5.97 Å². The number of rotatable bonds is 7. The second-order valence-electron chi connectivity index (χ2n) is 7.45. The number of ether oxygens (including phenoxy) is 3. The molecule has 4 rings (SSSR count). The van der Waals surface area contributed by atoms with Crippen molar-refractivity contribution in [2.24, 2.45) is 0 Å². The minimum Gasteiger partial charge on any atom is -0.467 e. The molecule has 1 aliphatic heterocycles. The fourth-order valence-corrected chi connectivity index (χ4v) is 3.79. The summed E-state index contributed by atoms with van der Waals surface area (Å²) < 4.78 is 30.0. The highest BCUT2D eigenvalue weighted by atomic mass is 35.5. The first kappa shape index (κ1) is 22.8. The molecule has 1 unspecified atom stereocenters. The number of nitrogens with one attached hydrogen (secondary N) is 1. The standard InChI is InChI=1S/C25H21ClFNO5/c26-21-9-5-4-8-20(21)25(30)28-22(16-6-2-1-3-7-16)12-23(29)32-14-18-11-19(27)10-17-13-31-15-33-24(17)18/h1-11,22H,12-15H2,(H,28,30). The number of fused-ring (bicyclic) bond motifs is 1. The molecule has 3 aromatic carbocycles. The second-order valence-corrected chi connectivity index (χ2v) is 7.85. The van der Waals surface area contributed by atoms with Crippen molar-refractivity contribution in [2.45, 2.75) is 25.7 Å². The molecule has 6 nitrogen and oxygen atoms in total. The van der Waals surface area contributed by atoms with Crippen LogP contribution in [0.5, 0.6) is 5.75 Å². The Morgan fingerprint density at radius 3 is 2.64 bits per heavy atom. The van der Waals surface area contributed by atoms with E-state index in [-0.39, 0.29) is 26.4 Å². The highest BCUT2D eigenvalue weighted by molar-refractivity contribution is 6.33. The summed E-state index contributed by atoms with van der Waals surface area (Å²) in [5, 5.41) is 3.16. The Balaban J connectivity index is 1.47. The fourth-order valence-electron chi connectivity index (χ4n) is 3.57. The van der Waals surface area contributed by atoms with Gasteiger partial charge in [0.05, 0.1) is 29.7 Å². The Kier molecular flexibility index (Phi) is 7.22. The lowest BCUT2D eigenvalue weighted by molar-refractivity contribution is -0.145. The van der Waals surface area contributed by atoms with Crippen molar-refractivity contribution in [1.82, 2.24) is 5.32 Å². The maximum atomic E-state index is 13.9. The summed E-state index contributed by atoms with van der Waals surface area (Å²) >= 11 is 6.14. The molecule has 1 aliphatic rings. The first-order valence-corrected chi connectivity index (χ1v) is 10.7. The molecule has 1 amide bonds. The summed E-state index contributed by atoms with van der Waals surface area (Å²) in [6, 6.07) is 17.7. The van der Waals surface area contributed by atoms with E-state index >= 15 is 0 Å². The number of hydrogen-bond acceptors (Lipinski definition) is 5. The van der Waals surface area contributed by atoms with Crippen LogP contribution in [0.3, 0.4) is 0 Å². The van der Waals surface area contributed by atoms with Crippen LogP contribution in [0.25, 0.3) is 0 Å². The van der Waals surface area contributed by atoms with Crippen LogP contribution in [0.15, 0.2) is 66.7 Å². The van der Waals surface area contributed by atoms with Gasteiger partial charge in [-0.3, -0.25) is 9.59 Å². The van der Waals surface area contributed by atoms with Crippen LogP contribution in [0, 0.1) is 5.82 Å². The summed E-state index contributed by atoms with van der Waals surface area (Å²) in [5.41, 5.74) is 2.01. The van der Waals surface area contributed by atoms with Gasteiger partial charge in [0.15, 0.2) is 6.79 Å². The molecule has 0 saturated carbocycles. The molecule has 0 fully saturated rings. The van der Waals surface area contributed by atoms with Gasteiger partial charge in [-0.2, -0.15) is 0 Å². The highest BCUT2D eigenvalue weighted by Crippen LogP contribution is 2.30. The van der Waals surface area contributed by atoms with Gasteiger partial charge in [0.1, 0.15) is 18.2 Å². The zero-order valence-corrected chi connectivity index (χ0v) is 18.3. The van der Waals surface area contributed by atoms with Crippen LogP contribution in [0.1, 0.15) is 39.5 Å². The monoisotopic (exact) mass is 469 g/mol. The number of esters is 1. The largest absolute Gasteiger partial charge is 0.467 e. The molecule has 0 radical (unpaired) electrons. The zero-order chi connectivity index (χ0) is 23.2. The Morgan fingerprint density at radius 2 is 1.85 bits per heavy atom. The van der Waals surface area contributed by atoms with Gasteiger partial charge in [-0.25, -0.2) is 4.39 Å². The zero-order valence-electron chi connectivity index (χ0n) is 17.6. The van der Waals surface area contributed by atoms with Crippen LogP contribution in [0.4, 0.5) is 4.39 Å². The molecule has 0 bridgehead atoms. The molecule has 0 spiro atoms. The topological polar surface area (TPSA) is 73.9 Å². The predicted octanol–water partition coefficient (Wildman–Crippen LogP) is 4.95. The number of carbonyl (C=O) groups is 2. The molecule has 1 N–H and O–H groups in total. The lowest BCUT2D eigenvalue weighted by Gasteiger charge is -2.21. The SMILES string of the molecule is O=C(CC(NC(=O)c1ccccc1Cl)c1ccccc1)OCc1cc(F)cc2c1OCOC2. The van der Waals surface area contributed by atoms with Crippen LogP contribution in [-0.2, 0) is 27.5 Å². The molecule has 8 heteroatoms. The number of amides is 1. The van der Waals surface area contributed by atoms with Crippen molar-refractivity contribution >= 4 is 23.5 Å². The third-order valence-corrected chi connectivity index (χ3v) is 5.47.